The molecule has 2 aromatic rings. The summed E-state index contributed by atoms with van der Waals surface area (Å²) in [5.74, 6) is 0.582. The number of hydrogen-bond acceptors (Lipinski definition) is 2. The molecular weight excluding hydrogens is 423 g/mol. The van der Waals surface area contributed by atoms with E-state index < -0.39 is 0 Å². The SMILES string of the molecule is Clc1cc(Br)ccc1-c1nc(Br)cc(Br)n1. The number of benzene rings is 1. The molecule has 0 unspecified atom stereocenters. The minimum atomic E-state index is 0.582. The molecule has 0 amide bonds. The van der Waals surface area contributed by atoms with Crippen molar-refractivity contribution in [2.45, 2.75) is 0 Å². The Morgan fingerprint density at radius 3 is 2.12 bits per heavy atom. The van der Waals surface area contributed by atoms with Gasteiger partial charge in [-0.1, -0.05) is 27.5 Å². The Bertz CT molecular complexity index is 525. The lowest BCUT2D eigenvalue weighted by molar-refractivity contribution is 1.12. The average molecular weight is 427 g/mol. The predicted octanol–water partition coefficient (Wildman–Crippen LogP) is 5.08. The van der Waals surface area contributed by atoms with E-state index in [0.29, 0.717) is 20.1 Å². The maximum Gasteiger partial charge on any atom is 0.163 e. The summed E-state index contributed by atoms with van der Waals surface area (Å²) in [6.07, 6.45) is 0. The van der Waals surface area contributed by atoms with E-state index in [1.807, 2.05) is 18.2 Å². The van der Waals surface area contributed by atoms with Crippen LogP contribution >= 0.6 is 59.4 Å². The summed E-state index contributed by atoms with van der Waals surface area (Å²) in [6, 6.07) is 7.37. The molecule has 0 spiro atoms. The summed E-state index contributed by atoms with van der Waals surface area (Å²) in [6.45, 7) is 0. The van der Waals surface area contributed by atoms with Crippen molar-refractivity contribution < 1.29 is 0 Å². The van der Waals surface area contributed by atoms with E-state index in [2.05, 4.69) is 57.8 Å². The molecular formula is C10H4Br3ClN2. The van der Waals surface area contributed by atoms with Gasteiger partial charge in [0.25, 0.3) is 0 Å². The van der Waals surface area contributed by atoms with E-state index in [4.69, 9.17) is 11.6 Å². The fourth-order valence-electron chi connectivity index (χ4n) is 1.18. The Morgan fingerprint density at radius 1 is 0.938 bits per heavy atom. The molecule has 0 fully saturated rings. The molecule has 6 heteroatoms. The molecule has 0 radical (unpaired) electrons. The Hall–Kier alpha value is 0.0300. The van der Waals surface area contributed by atoms with Crippen molar-refractivity contribution in [3.05, 3.63) is 43.0 Å². The van der Waals surface area contributed by atoms with Gasteiger partial charge in [0.05, 0.1) is 5.02 Å². The van der Waals surface area contributed by atoms with Gasteiger partial charge < -0.3 is 0 Å². The molecule has 1 aromatic heterocycles. The van der Waals surface area contributed by atoms with E-state index in [0.717, 1.165) is 10.0 Å². The lowest BCUT2D eigenvalue weighted by atomic mass is 10.2. The second kappa shape index (κ2) is 5.12. The lowest BCUT2D eigenvalue weighted by Crippen LogP contribution is -1.91. The third-order valence-corrected chi connectivity index (χ3v) is 3.45. The normalized spacial score (nSPS) is 10.5. The topological polar surface area (TPSA) is 25.8 Å². The van der Waals surface area contributed by atoms with Crippen LogP contribution in [-0.4, -0.2) is 9.97 Å². The summed E-state index contributed by atoms with van der Waals surface area (Å²) in [5.41, 5.74) is 0.798. The van der Waals surface area contributed by atoms with Crippen molar-refractivity contribution in [3.63, 3.8) is 0 Å². The monoisotopic (exact) mass is 424 g/mol. The Balaban J connectivity index is 2.58. The third-order valence-electron chi connectivity index (χ3n) is 1.84. The van der Waals surface area contributed by atoms with E-state index in [9.17, 15) is 0 Å². The van der Waals surface area contributed by atoms with Crippen molar-refractivity contribution >= 4 is 59.4 Å². The fraction of sp³-hybridized carbons (Fsp3) is 0. The molecule has 2 nitrogen and oxygen atoms in total. The molecule has 1 heterocycles. The third kappa shape index (κ3) is 2.83. The Labute approximate surface area is 123 Å². The molecule has 0 aliphatic heterocycles. The highest BCUT2D eigenvalue weighted by molar-refractivity contribution is 9.11. The summed E-state index contributed by atoms with van der Waals surface area (Å²) in [4.78, 5) is 8.54. The molecule has 0 bridgehead atoms. The highest BCUT2D eigenvalue weighted by atomic mass is 79.9. The maximum absolute atomic E-state index is 6.13. The van der Waals surface area contributed by atoms with Gasteiger partial charge in [0.1, 0.15) is 9.21 Å². The zero-order valence-electron chi connectivity index (χ0n) is 7.72. The van der Waals surface area contributed by atoms with Crippen LogP contribution in [0.15, 0.2) is 37.9 Å². The standard InChI is InChI=1S/C10H4Br3ClN2/c11-5-1-2-6(7(14)3-5)10-15-8(12)4-9(13)16-10/h1-4H. The first kappa shape index (κ1) is 12.5. The summed E-state index contributed by atoms with van der Waals surface area (Å²) in [5, 5.41) is 0.611. The average Bonchev–Trinajstić information content (AvgIpc) is 2.15. The van der Waals surface area contributed by atoms with Gasteiger partial charge in [0, 0.05) is 16.1 Å². The van der Waals surface area contributed by atoms with Crippen LogP contribution in [0.2, 0.25) is 5.02 Å². The van der Waals surface area contributed by atoms with Crippen molar-refractivity contribution in [1.29, 1.82) is 0 Å². The quantitative estimate of drug-likeness (QED) is 0.593. The van der Waals surface area contributed by atoms with Crippen LogP contribution in [0.1, 0.15) is 0 Å². The number of rotatable bonds is 1. The summed E-state index contributed by atoms with van der Waals surface area (Å²) in [7, 11) is 0. The number of hydrogen-bond donors (Lipinski definition) is 0. The van der Waals surface area contributed by atoms with Crippen molar-refractivity contribution in [2.24, 2.45) is 0 Å². The second-order valence-corrected chi connectivity index (χ2v) is 5.91. The van der Waals surface area contributed by atoms with Crippen molar-refractivity contribution in [2.75, 3.05) is 0 Å². The minimum Gasteiger partial charge on any atom is -0.221 e. The molecule has 82 valence electrons. The van der Waals surface area contributed by atoms with Crippen LogP contribution in [0.25, 0.3) is 11.4 Å². The molecule has 16 heavy (non-hydrogen) atoms. The Kier molecular flexibility index (Phi) is 4.00. The molecule has 2 rings (SSSR count). The highest BCUT2D eigenvalue weighted by Gasteiger charge is 2.08. The molecule has 0 saturated heterocycles. The zero-order chi connectivity index (χ0) is 11.7. The smallest absolute Gasteiger partial charge is 0.163 e. The first-order valence-electron chi connectivity index (χ1n) is 4.22. The second-order valence-electron chi connectivity index (χ2n) is 2.96. The van der Waals surface area contributed by atoms with Gasteiger partial charge in [-0.15, -0.1) is 0 Å². The van der Waals surface area contributed by atoms with Gasteiger partial charge in [-0.25, -0.2) is 9.97 Å². The van der Waals surface area contributed by atoms with Crippen molar-refractivity contribution in [1.82, 2.24) is 9.97 Å². The van der Waals surface area contributed by atoms with E-state index in [1.54, 1.807) is 6.07 Å². The van der Waals surface area contributed by atoms with Crippen LogP contribution in [-0.2, 0) is 0 Å². The van der Waals surface area contributed by atoms with Gasteiger partial charge in [-0.3, -0.25) is 0 Å². The summed E-state index contributed by atoms with van der Waals surface area (Å²) < 4.78 is 2.35. The van der Waals surface area contributed by atoms with E-state index in [1.165, 1.54) is 0 Å². The molecule has 0 N–H and O–H groups in total. The van der Waals surface area contributed by atoms with Crippen LogP contribution in [0.5, 0.6) is 0 Å². The van der Waals surface area contributed by atoms with Gasteiger partial charge >= 0.3 is 0 Å². The van der Waals surface area contributed by atoms with Gasteiger partial charge in [-0.05, 0) is 50.1 Å². The first-order chi connectivity index (χ1) is 7.56. The number of nitrogens with zero attached hydrogens (tertiary/aromatic N) is 2. The van der Waals surface area contributed by atoms with Crippen LogP contribution in [0, 0.1) is 0 Å². The minimum absolute atomic E-state index is 0.582. The fourth-order valence-corrected chi connectivity index (χ4v) is 3.02. The molecule has 0 aliphatic carbocycles. The summed E-state index contributed by atoms with van der Waals surface area (Å²) >= 11 is 16.1. The van der Waals surface area contributed by atoms with Gasteiger partial charge in [0.2, 0.25) is 0 Å². The number of halogens is 4. The molecule has 0 atom stereocenters. The van der Waals surface area contributed by atoms with Gasteiger partial charge in [0.15, 0.2) is 5.82 Å². The van der Waals surface area contributed by atoms with E-state index >= 15 is 0 Å². The lowest BCUT2D eigenvalue weighted by Gasteiger charge is -2.04. The van der Waals surface area contributed by atoms with Crippen LogP contribution in [0.3, 0.4) is 0 Å². The van der Waals surface area contributed by atoms with Crippen molar-refractivity contribution in [3.8, 4) is 11.4 Å². The van der Waals surface area contributed by atoms with Gasteiger partial charge in [-0.2, -0.15) is 0 Å². The first-order valence-corrected chi connectivity index (χ1v) is 6.97. The largest absolute Gasteiger partial charge is 0.221 e. The zero-order valence-corrected chi connectivity index (χ0v) is 13.2. The number of aromatic nitrogens is 2. The predicted molar refractivity (Wildman–Crippen MR) is 75.6 cm³/mol. The molecule has 0 saturated carbocycles. The Morgan fingerprint density at radius 2 is 1.56 bits per heavy atom. The molecule has 1 aromatic carbocycles. The van der Waals surface area contributed by atoms with Crippen LogP contribution in [0.4, 0.5) is 0 Å². The molecule has 0 aliphatic rings. The van der Waals surface area contributed by atoms with Crippen LogP contribution < -0.4 is 0 Å². The van der Waals surface area contributed by atoms with E-state index in [-0.39, 0.29) is 0 Å². The maximum atomic E-state index is 6.13. The highest BCUT2D eigenvalue weighted by Crippen LogP contribution is 2.29.